The molecule has 0 aliphatic heterocycles. The maximum Gasteiger partial charge on any atom is 0.243 e. The van der Waals surface area contributed by atoms with E-state index in [0.717, 1.165) is 0 Å². The molecular weight excluding hydrogens is 213 g/mol. The molecule has 6 heteroatoms. The van der Waals surface area contributed by atoms with Gasteiger partial charge in [-0.15, -0.1) is 11.6 Å². The lowest BCUT2D eigenvalue weighted by Gasteiger charge is -2.04. The van der Waals surface area contributed by atoms with E-state index in [-0.39, 0.29) is 11.2 Å². The number of nitrogens with zero attached hydrogens (tertiary/aromatic N) is 2. The third kappa shape index (κ3) is 3.16. The second-order valence-electron chi connectivity index (χ2n) is 2.32. The highest BCUT2D eigenvalue weighted by Gasteiger charge is 2.09. The Kier molecular flexibility index (Phi) is 3.45. The maximum atomic E-state index is 11.1. The van der Waals surface area contributed by atoms with Crippen LogP contribution in [-0.4, -0.2) is 21.3 Å². The molecule has 1 rings (SSSR count). The summed E-state index contributed by atoms with van der Waals surface area (Å²) in [6, 6.07) is 1.53. The Morgan fingerprint density at radius 3 is 2.92 bits per heavy atom. The topological polar surface area (TPSA) is 54.9 Å². The van der Waals surface area contributed by atoms with Crippen molar-refractivity contribution in [1.29, 1.82) is 0 Å². The molecule has 1 N–H and O–H groups in total. The van der Waals surface area contributed by atoms with Crippen molar-refractivity contribution in [1.82, 2.24) is 9.97 Å². The van der Waals surface area contributed by atoms with E-state index in [9.17, 15) is 4.79 Å². The van der Waals surface area contributed by atoms with Crippen LogP contribution in [0.15, 0.2) is 12.3 Å². The summed E-state index contributed by atoms with van der Waals surface area (Å²) in [6.45, 7) is 1.57. The Morgan fingerprint density at radius 1 is 1.69 bits per heavy atom. The van der Waals surface area contributed by atoms with Crippen molar-refractivity contribution in [3.63, 3.8) is 0 Å². The van der Waals surface area contributed by atoms with Gasteiger partial charge in [0.05, 0.1) is 0 Å². The highest BCUT2D eigenvalue weighted by Crippen LogP contribution is 2.07. The molecule has 1 atom stereocenters. The molecule has 0 aliphatic carbocycles. The molecule has 1 aromatic heterocycles. The number of aromatic nitrogens is 2. The van der Waals surface area contributed by atoms with Crippen LogP contribution in [0.5, 0.6) is 0 Å². The summed E-state index contributed by atoms with van der Waals surface area (Å²) >= 11 is 11.0. The fourth-order valence-corrected chi connectivity index (χ4v) is 0.832. The Morgan fingerprint density at radius 2 is 2.38 bits per heavy atom. The number of anilines is 1. The predicted molar refractivity (Wildman–Crippen MR) is 51.0 cm³/mol. The highest BCUT2D eigenvalue weighted by molar-refractivity contribution is 6.32. The average molecular weight is 220 g/mol. The minimum Gasteiger partial charge on any atom is -0.309 e. The van der Waals surface area contributed by atoms with Crippen LogP contribution in [0, 0.1) is 0 Å². The summed E-state index contributed by atoms with van der Waals surface area (Å²) in [5.41, 5.74) is 0. The average Bonchev–Trinajstić information content (AvgIpc) is 2.04. The Bertz CT molecular complexity index is 316. The van der Waals surface area contributed by atoms with E-state index in [4.69, 9.17) is 23.2 Å². The summed E-state index contributed by atoms with van der Waals surface area (Å²) in [7, 11) is 0. The van der Waals surface area contributed by atoms with Gasteiger partial charge in [0.1, 0.15) is 11.2 Å². The Labute approximate surface area is 85.3 Å². The number of rotatable bonds is 2. The van der Waals surface area contributed by atoms with Crippen LogP contribution in [0.1, 0.15) is 6.92 Å². The van der Waals surface area contributed by atoms with E-state index in [2.05, 4.69) is 15.3 Å². The molecule has 0 spiro atoms. The van der Waals surface area contributed by atoms with Crippen molar-refractivity contribution in [3.05, 3.63) is 17.5 Å². The third-order valence-electron chi connectivity index (χ3n) is 1.24. The van der Waals surface area contributed by atoms with Crippen LogP contribution in [0.4, 0.5) is 5.82 Å². The summed E-state index contributed by atoms with van der Waals surface area (Å²) in [6.07, 6.45) is 1.45. The quantitative estimate of drug-likeness (QED) is 0.609. The lowest BCUT2D eigenvalue weighted by molar-refractivity contribution is -0.115. The summed E-state index contributed by atoms with van der Waals surface area (Å²) in [5.74, 6) is 0.0222. The number of alkyl halides is 1. The molecule has 1 aromatic rings. The smallest absolute Gasteiger partial charge is 0.243 e. The Balaban J connectivity index is 2.69. The van der Waals surface area contributed by atoms with E-state index in [1.807, 2.05) is 0 Å². The van der Waals surface area contributed by atoms with E-state index in [1.54, 1.807) is 6.92 Å². The van der Waals surface area contributed by atoms with Gasteiger partial charge in [-0.05, 0) is 24.6 Å². The molecule has 0 fully saturated rings. The monoisotopic (exact) mass is 219 g/mol. The van der Waals surface area contributed by atoms with Crippen molar-refractivity contribution in [2.75, 3.05) is 5.32 Å². The van der Waals surface area contributed by atoms with Gasteiger partial charge in [-0.3, -0.25) is 4.79 Å². The normalized spacial score (nSPS) is 12.2. The zero-order valence-corrected chi connectivity index (χ0v) is 8.30. The van der Waals surface area contributed by atoms with Gasteiger partial charge in [-0.2, -0.15) is 0 Å². The molecule has 1 unspecified atom stereocenters. The molecular formula is C7H7Cl2N3O. The molecule has 70 valence electrons. The van der Waals surface area contributed by atoms with Gasteiger partial charge in [0.2, 0.25) is 11.2 Å². The van der Waals surface area contributed by atoms with Gasteiger partial charge in [-0.25, -0.2) is 9.97 Å². The zero-order valence-electron chi connectivity index (χ0n) is 6.79. The lowest BCUT2D eigenvalue weighted by Crippen LogP contribution is -2.20. The van der Waals surface area contributed by atoms with Gasteiger partial charge in [0.25, 0.3) is 0 Å². The lowest BCUT2D eigenvalue weighted by atomic mass is 10.4. The van der Waals surface area contributed by atoms with Gasteiger partial charge in [-0.1, -0.05) is 0 Å². The van der Waals surface area contributed by atoms with Gasteiger partial charge in [0, 0.05) is 6.20 Å². The van der Waals surface area contributed by atoms with Crippen LogP contribution in [0.25, 0.3) is 0 Å². The molecule has 1 amide bonds. The number of amides is 1. The number of nitrogens with one attached hydrogen (secondary N) is 1. The second-order valence-corrected chi connectivity index (χ2v) is 3.31. The molecule has 0 saturated carbocycles. The number of carbonyl (C=O) groups excluding carboxylic acids is 1. The molecule has 4 nitrogen and oxygen atoms in total. The van der Waals surface area contributed by atoms with Crippen molar-refractivity contribution in [3.8, 4) is 0 Å². The first kappa shape index (κ1) is 10.2. The van der Waals surface area contributed by atoms with Crippen molar-refractivity contribution >= 4 is 34.9 Å². The molecule has 0 radical (unpaired) electrons. The van der Waals surface area contributed by atoms with Crippen LogP contribution in [0.2, 0.25) is 5.28 Å². The molecule has 0 aliphatic rings. The van der Waals surface area contributed by atoms with Gasteiger partial charge in [0.15, 0.2) is 0 Å². The van der Waals surface area contributed by atoms with E-state index in [0.29, 0.717) is 5.82 Å². The number of hydrogen-bond acceptors (Lipinski definition) is 3. The van der Waals surface area contributed by atoms with Crippen molar-refractivity contribution in [2.24, 2.45) is 0 Å². The second kappa shape index (κ2) is 4.39. The first-order valence-corrected chi connectivity index (χ1v) is 4.34. The molecule has 13 heavy (non-hydrogen) atoms. The SMILES string of the molecule is CC(Cl)C(=O)Nc1ccnc(Cl)n1. The van der Waals surface area contributed by atoms with Crippen molar-refractivity contribution in [2.45, 2.75) is 12.3 Å². The summed E-state index contributed by atoms with van der Waals surface area (Å²) in [5, 5.41) is 1.96. The van der Waals surface area contributed by atoms with Gasteiger partial charge >= 0.3 is 0 Å². The maximum absolute atomic E-state index is 11.1. The predicted octanol–water partition coefficient (Wildman–Crippen LogP) is 1.70. The molecule has 0 aromatic carbocycles. The molecule has 1 heterocycles. The number of hydrogen-bond donors (Lipinski definition) is 1. The van der Waals surface area contributed by atoms with E-state index >= 15 is 0 Å². The van der Waals surface area contributed by atoms with Gasteiger partial charge < -0.3 is 5.32 Å². The molecule has 0 saturated heterocycles. The van der Waals surface area contributed by atoms with E-state index in [1.165, 1.54) is 12.3 Å². The number of carbonyl (C=O) groups is 1. The largest absolute Gasteiger partial charge is 0.309 e. The minimum absolute atomic E-state index is 0.0834. The first-order valence-electron chi connectivity index (χ1n) is 3.53. The molecule has 0 bridgehead atoms. The zero-order chi connectivity index (χ0) is 9.84. The highest BCUT2D eigenvalue weighted by atomic mass is 35.5. The first-order chi connectivity index (χ1) is 6.09. The Hall–Kier alpha value is -0.870. The van der Waals surface area contributed by atoms with E-state index < -0.39 is 5.38 Å². The van der Waals surface area contributed by atoms with Crippen LogP contribution in [-0.2, 0) is 4.79 Å². The fourth-order valence-electron chi connectivity index (χ4n) is 0.630. The minimum atomic E-state index is -0.603. The third-order valence-corrected chi connectivity index (χ3v) is 1.62. The summed E-state index contributed by atoms with van der Waals surface area (Å²) < 4.78 is 0. The van der Waals surface area contributed by atoms with Crippen LogP contribution in [0.3, 0.4) is 0 Å². The van der Waals surface area contributed by atoms with Crippen LogP contribution < -0.4 is 5.32 Å². The number of halogens is 2. The van der Waals surface area contributed by atoms with Crippen LogP contribution >= 0.6 is 23.2 Å². The van der Waals surface area contributed by atoms with Crippen molar-refractivity contribution < 1.29 is 4.79 Å². The fraction of sp³-hybridized carbons (Fsp3) is 0.286. The summed E-state index contributed by atoms with van der Waals surface area (Å²) in [4.78, 5) is 18.5. The standard InChI is InChI=1S/C7H7Cl2N3O/c1-4(8)6(13)11-5-2-3-10-7(9)12-5/h2-4H,1H3,(H,10,11,12,13).